The second-order valence-electron chi connectivity index (χ2n) is 7.46. The summed E-state index contributed by atoms with van der Waals surface area (Å²) in [4.78, 5) is 12.4. The van der Waals surface area contributed by atoms with Gasteiger partial charge in [0.2, 0.25) is 5.91 Å². The molecule has 0 saturated heterocycles. The number of rotatable bonds is 7. The standard InChI is InChI=1S/C23H22ClN5O/c24-16-7-4-6-15(12-16)18-13-19(18)23(30)27-11-5-10-21-20(14-25)22(26)29(28-21)17-8-2-1-3-9-17/h1-4,6-9,12,18-19H,5,10-11,13,26H2,(H,27,30). The van der Waals surface area contributed by atoms with Crippen molar-refractivity contribution in [2.24, 2.45) is 5.92 Å². The first-order chi connectivity index (χ1) is 14.6. The number of hydrogen-bond acceptors (Lipinski definition) is 4. The molecule has 3 N–H and O–H groups in total. The van der Waals surface area contributed by atoms with Crippen molar-refractivity contribution in [3.8, 4) is 11.8 Å². The number of anilines is 1. The number of aryl methyl sites for hydroxylation is 1. The van der Waals surface area contributed by atoms with Gasteiger partial charge in [-0.2, -0.15) is 10.4 Å². The molecule has 0 bridgehead atoms. The average Bonchev–Trinajstić information content (AvgIpc) is 3.50. The van der Waals surface area contributed by atoms with E-state index in [2.05, 4.69) is 16.5 Å². The van der Waals surface area contributed by atoms with Gasteiger partial charge in [0.1, 0.15) is 17.5 Å². The zero-order chi connectivity index (χ0) is 21.1. The Bertz CT molecular complexity index is 1100. The van der Waals surface area contributed by atoms with Crippen LogP contribution in [0.15, 0.2) is 54.6 Å². The molecule has 1 aliphatic rings. The van der Waals surface area contributed by atoms with Gasteiger partial charge in [-0.1, -0.05) is 41.9 Å². The molecule has 0 aliphatic heterocycles. The van der Waals surface area contributed by atoms with E-state index >= 15 is 0 Å². The normalized spacial score (nSPS) is 17.3. The molecule has 152 valence electrons. The molecule has 3 aromatic rings. The molecular weight excluding hydrogens is 398 g/mol. The second-order valence-corrected chi connectivity index (χ2v) is 7.90. The second kappa shape index (κ2) is 8.60. The Balaban J connectivity index is 1.31. The van der Waals surface area contributed by atoms with E-state index in [9.17, 15) is 10.1 Å². The van der Waals surface area contributed by atoms with Crippen molar-refractivity contribution in [3.05, 3.63) is 76.4 Å². The van der Waals surface area contributed by atoms with Crippen LogP contribution in [0.3, 0.4) is 0 Å². The molecule has 0 radical (unpaired) electrons. The fourth-order valence-corrected chi connectivity index (χ4v) is 3.93. The molecule has 6 nitrogen and oxygen atoms in total. The fraction of sp³-hybridized carbons (Fsp3) is 0.261. The third-order valence-corrected chi connectivity index (χ3v) is 5.63. The maximum absolute atomic E-state index is 12.4. The van der Waals surface area contributed by atoms with E-state index in [1.165, 1.54) is 0 Å². The van der Waals surface area contributed by atoms with Gasteiger partial charge in [0.05, 0.1) is 11.4 Å². The number of nitrogens with zero attached hydrogens (tertiary/aromatic N) is 3. The lowest BCUT2D eigenvalue weighted by atomic mass is 10.1. The zero-order valence-electron chi connectivity index (χ0n) is 16.4. The van der Waals surface area contributed by atoms with Gasteiger partial charge in [0.15, 0.2) is 0 Å². The molecule has 0 spiro atoms. The zero-order valence-corrected chi connectivity index (χ0v) is 17.1. The smallest absolute Gasteiger partial charge is 0.223 e. The molecular formula is C23H22ClN5O. The van der Waals surface area contributed by atoms with Crippen LogP contribution in [0.2, 0.25) is 5.02 Å². The number of nitrogens with one attached hydrogen (secondary N) is 1. The van der Waals surface area contributed by atoms with Crippen molar-refractivity contribution >= 4 is 23.3 Å². The van der Waals surface area contributed by atoms with E-state index in [0.717, 1.165) is 17.7 Å². The summed E-state index contributed by atoms with van der Waals surface area (Å²) < 4.78 is 1.59. The first-order valence-corrected chi connectivity index (χ1v) is 10.3. The van der Waals surface area contributed by atoms with Crippen LogP contribution in [0, 0.1) is 17.2 Å². The van der Waals surface area contributed by atoms with Crippen molar-refractivity contribution in [3.63, 3.8) is 0 Å². The predicted molar refractivity (Wildman–Crippen MR) is 116 cm³/mol. The van der Waals surface area contributed by atoms with Crippen molar-refractivity contribution in [1.29, 1.82) is 5.26 Å². The number of nitrogens with two attached hydrogens (primary N) is 1. The van der Waals surface area contributed by atoms with E-state index in [0.29, 0.717) is 41.5 Å². The maximum Gasteiger partial charge on any atom is 0.223 e. The SMILES string of the molecule is N#Cc1c(CCCNC(=O)C2CC2c2cccc(Cl)c2)nn(-c2ccccc2)c1N. The van der Waals surface area contributed by atoms with E-state index < -0.39 is 0 Å². The molecule has 1 heterocycles. The molecule has 2 aromatic carbocycles. The molecule has 1 amide bonds. The lowest BCUT2D eigenvalue weighted by Crippen LogP contribution is -2.26. The van der Waals surface area contributed by atoms with Crippen molar-refractivity contribution in [2.45, 2.75) is 25.2 Å². The van der Waals surface area contributed by atoms with E-state index in [-0.39, 0.29) is 17.7 Å². The molecule has 2 atom stereocenters. The lowest BCUT2D eigenvalue weighted by Gasteiger charge is -2.05. The summed E-state index contributed by atoms with van der Waals surface area (Å²) in [5, 5.41) is 17.7. The molecule has 1 aliphatic carbocycles. The van der Waals surface area contributed by atoms with Crippen LogP contribution in [-0.2, 0) is 11.2 Å². The molecule has 30 heavy (non-hydrogen) atoms. The fourth-order valence-electron chi connectivity index (χ4n) is 3.73. The minimum atomic E-state index is 0.00562. The first-order valence-electron chi connectivity index (χ1n) is 9.94. The summed E-state index contributed by atoms with van der Waals surface area (Å²) in [6.45, 7) is 0.528. The number of benzene rings is 2. The van der Waals surface area contributed by atoms with Gasteiger partial charge in [0, 0.05) is 17.5 Å². The third-order valence-electron chi connectivity index (χ3n) is 5.40. The molecule has 1 fully saturated rings. The highest BCUT2D eigenvalue weighted by atomic mass is 35.5. The first kappa shape index (κ1) is 20.0. The summed E-state index contributed by atoms with van der Waals surface area (Å²) in [7, 11) is 0. The molecule has 1 aromatic heterocycles. The topological polar surface area (TPSA) is 96.7 Å². The van der Waals surface area contributed by atoms with Gasteiger partial charge in [-0.05, 0) is 55.0 Å². The van der Waals surface area contributed by atoms with Crippen LogP contribution in [0.4, 0.5) is 5.82 Å². The highest BCUT2D eigenvalue weighted by molar-refractivity contribution is 6.30. The van der Waals surface area contributed by atoms with E-state index in [4.69, 9.17) is 17.3 Å². The van der Waals surface area contributed by atoms with E-state index in [1.54, 1.807) is 4.68 Å². The van der Waals surface area contributed by atoms with Gasteiger partial charge < -0.3 is 11.1 Å². The minimum Gasteiger partial charge on any atom is -0.382 e. The Morgan fingerprint density at radius 2 is 2.07 bits per heavy atom. The lowest BCUT2D eigenvalue weighted by molar-refractivity contribution is -0.122. The van der Waals surface area contributed by atoms with Crippen LogP contribution >= 0.6 is 11.6 Å². The summed E-state index contributed by atoms with van der Waals surface area (Å²) >= 11 is 6.04. The highest BCUT2D eigenvalue weighted by Gasteiger charge is 2.43. The van der Waals surface area contributed by atoms with Gasteiger partial charge >= 0.3 is 0 Å². The predicted octanol–water partition coefficient (Wildman–Crippen LogP) is 3.83. The number of hydrogen-bond donors (Lipinski definition) is 2. The highest BCUT2D eigenvalue weighted by Crippen LogP contribution is 2.47. The molecule has 7 heteroatoms. The third kappa shape index (κ3) is 4.17. The number of carbonyl (C=O) groups excluding carboxylic acids is 1. The van der Waals surface area contributed by atoms with Crippen LogP contribution in [-0.4, -0.2) is 22.2 Å². The number of nitriles is 1. The minimum absolute atomic E-state index is 0.00562. The van der Waals surface area contributed by atoms with Gasteiger partial charge in [-0.25, -0.2) is 4.68 Å². The van der Waals surface area contributed by atoms with Gasteiger partial charge in [0.25, 0.3) is 0 Å². The summed E-state index contributed by atoms with van der Waals surface area (Å²) in [5.74, 6) is 0.654. The van der Waals surface area contributed by atoms with Gasteiger partial charge in [-0.15, -0.1) is 0 Å². The quantitative estimate of drug-likeness (QED) is 0.568. The van der Waals surface area contributed by atoms with Crippen LogP contribution in [0.25, 0.3) is 5.69 Å². The van der Waals surface area contributed by atoms with Crippen LogP contribution in [0.1, 0.15) is 35.6 Å². The van der Waals surface area contributed by atoms with Crippen molar-refractivity contribution in [1.82, 2.24) is 15.1 Å². The molecule has 2 unspecified atom stereocenters. The Morgan fingerprint density at radius 1 is 1.27 bits per heavy atom. The average molecular weight is 420 g/mol. The summed E-state index contributed by atoms with van der Waals surface area (Å²) in [6.07, 6.45) is 2.10. The summed E-state index contributed by atoms with van der Waals surface area (Å²) in [6, 6.07) is 19.3. The summed E-state index contributed by atoms with van der Waals surface area (Å²) in [5.41, 5.74) is 9.10. The maximum atomic E-state index is 12.4. The number of aromatic nitrogens is 2. The number of nitrogen functional groups attached to an aromatic ring is 1. The van der Waals surface area contributed by atoms with Crippen molar-refractivity contribution < 1.29 is 4.79 Å². The van der Waals surface area contributed by atoms with Gasteiger partial charge in [-0.3, -0.25) is 4.79 Å². The Morgan fingerprint density at radius 3 is 2.80 bits per heavy atom. The Labute approximate surface area is 180 Å². The number of carbonyl (C=O) groups is 1. The number of amides is 1. The van der Waals surface area contributed by atoms with Crippen molar-refractivity contribution in [2.75, 3.05) is 12.3 Å². The molecule has 4 rings (SSSR count). The van der Waals surface area contributed by atoms with E-state index in [1.807, 2.05) is 54.6 Å². The Hall–Kier alpha value is -3.30. The Kier molecular flexibility index (Phi) is 5.73. The molecule has 1 saturated carbocycles. The van der Waals surface area contributed by atoms with Crippen LogP contribution in [0.5, 0.6) is 0 Å². The van der Waals surface area contributed by atoms with Crippen LogP contribution < -0.4 is 11.1 Å². The largest absolute Gasteiger partial charge is 0.382 e. The number of halogens is 1. The monoisotopic (exact) mass is 419 g/mol. The number of para-hydroxylation sites is 1.